The summed E-state index contributed by atoms with van der Waals surface area (Å²) in [5, 5.41) is 7.25. The number of aromatic nitrogens is 2. The van der Waals surface area contributed by atoms with Crippen LogP contribution in [-0.4, -0.2) is 29.8 Å². The number of nitrogens with one attached hydrogen (secondary N) is 1. The van der Waals surface area contributed by atoms with Crippen molar-refractivity contribution in [2.24, 2.45) is 0 Å². The monoisotopic (exact) mass is 355 g/mol. The minimum absolute atomic E-state index is 0.210. The van der Waals surface area contributed by atoms with Gasteiger partial charge in [-0.1, -0.05) is 41.6 Å². The van der Waals surface area contributed by atoms with Gasteiger partial charge in [0.1, 0.15) is 12.7 Å². The Bertz CT molecular complexity index is 860. The Kier molecular flexibility index (Phi) is 4.90. The molecule has 1 fully saturated rings. The number of hydrogen-bond donors (Lipinski definition) is 1. The SMILES string of the molecule is Fc1ccccc1OCc1ccc(-c2noc([C@@H]3CNCCO3)n2)cc1. The average molecular weight is 355 g/mol. The van der Waals surface area contributed by atoms with Crippen molar-refractivity contribution in [3.63, 3.8) is 0 Å². The summed E-state index contributed by atoms with van der Waals surface area (Å²) in [5.41, 5.74) is 1.75. The quantitative estimate of drug-likeness (QED) is 0.758. The first-order valence-corrected chi connectivity index (χ1v) is 8.42. The van der Waals surface area contributed by atoms with Gasteiger partial charge in [0, 0.05) is 18.7 Å². The molecule has 0 amide bonds. The van der Waals surface area contributed by atoms with Gasteiger partial charge in [-0.2, -0.15) is 4.98 Å². The molecule has 7 heteroatoms. The van der Waals surface area contributed by atoms with Crippen LogP contribution < -0.4 is 10.1 Å². The smallest absolute Gasteiger partial charge is 0.257 e. The second-order valence-corrected chi connectivity index (χ2v) is 5.94. The zero-order valence-corrected chi connectivity index (χ0v) is 14.0. The van der Waals surface area contributed by atoms with Gasteiger partial charge in [-0.05, 0) is 17.7 Å². The first-order valence-electron chi connectivity index (χ1n) is 8.42. The summed E-state index contributed by atoms with van der Waals surface area (Å²) in [6, 6.07) is 13.9. The largest absolute Gasteiger partial charge is 0.486 e. The van der Waals surface area contributed by atoms with Crippen molar-refractivity contribution in [1.82, 2.24) is 15.5 Å². The molecule has 6 nitrogen and oxygen atoms in total. The summed E-state index contributed by atoms with van der Waals surface area (Å²) in [6.45, 7) is 2.39. The van der Waals surface area contributed by atoms with E-state index in [0.717, 1.165) is 17.7 Å². The van der Waals surface area contributed by atoms with Crippen molar-refractivity contribution in [1.29, 1.82) is 0 Å². The maximum atomic E-state index is 13.6. The average Bonchev–Trinajstić information content (AvgIpc) is 3.19. The fourth-order valence-electron chi connectivity index (χ4n) is 2.68. The van der Waals surface area contributed by atoms with Crippen LogP contribution in [0.5, 0.6) is 5.75 Å². The summed E-state index contributed by atoms with van der Waals surface area (Å²) >= 11 is 0. The molecular formula is C19H18FN3O3. The van der Waals surface area contributed by atoms with Crippen LogP contribution in [0.1, 0.15) is 17.6 Å². The van der Waals surface area contributed by atoms with Crippen LogP contribution in [0.15, 0.2) is 53.1 Å². The van der Waals surface area contributed by atoms with E-state index in [1.54, 1.807) is 18.2 Å². The third kappa shape index (κ3) is 3.74. The van der Waals surface area contributed by atoms with Crippen molar-refractivity contribution >= 4 is 0 Å². The lowest BCUT2D eigenvalue weighted by Crippen LogP contribution is -2.33. The molecule has 1 saturated heterocycles. The molecule has 4 rings (SSSR count). The fraction of sp³-hybridized carbons (Fsp3) is 0.263. The van der Waals surface area contributed by atoms with Crippen LogP contribution >= 0.6 is 0 Å². The lowest BCUT2D eigenvalue weighted by Gasteiger charge is -2.19. The number of nitrogens with zero attached hydrogens (tertiary/aromatic N) is 2. The van der Waals surface area contributed by atoms with Gasteiger partial charge in [-0.15, -0.1) is 0 Å². The van der Waals surface area contributed by atoms with Crippen LogP contribution in [0, 0.1) is 5.82 Å². The predicted octanol–water partition coefficient (Wildman–Crippen LogP) is 3.12. The van der Waals surface area contributed by atoms with E-state index in [0.29, 0.717) is 24.9 Å². The second-order valence-electron chi connectivity index (χ2n) is 5.94. The number of para-hydroxylation sites is 1. The van der Waals surface area contributed by atoms with Crippen LogP contribution in [0.4, 0.5) is 4.39 Å². The highest BCUT2D eigenvalue weighted by atomic mass is 19.1. The molecule has 0 radical (unpaired) electrons. The Balaban J connectivity index is 1.41. The van der Waals surface area contributed by atoms with Gasteiger partial charge in [0.05, 0.1) is 6.61 Å². The van der Waals surface area contributed by atoms with E-state index < -0.39 is 0 Å². The molecule has 3 aromatic rings. The Morgan fingerprint density at radius 2 is 2.00 bits per heavy atom. The molecule has 0 saturated carbocycles. The second kappa shape index (κ2) is 7.63. The standard InChI is InChI=1S/C19H18FN3O3/c20-15-3-1-2-4-16(15)25-12-13-5-7-14(8-6-13)18-22-19(26-23-18)17-11-21-9-10-24-17/h1-8,17,21H,9-12H2/t17-/m0/s1. The minimum atomic E-state index is -0.372. The van der Waals surface area contributed by atoms with Gasteiger partial charge < -0.3 is 19.3 Å². The highest BCUT2D eigenvalue weighted by Crippen LogP contribution is 2.23. The van der Waals surface area contributed by atoms with E-state index in [4.69, 9.17) is 14.0 Å². The van der Waals surface area contributed by atoms with Gasteiger partial charge >= 0.3 is 0 Å². The van der Waals surface area contributed by atoms with Crippen molar-refractivity contribution in [2.75, 3.05) is 19.7 Å². The summed E-state index contributed by atoms with van der Waals surface area (Å²) in [5.74, 6) is 0.846. The van der Waals surface area contributed by atoms with Gasteiger partial charge in [-0.25, -0.2) is 4.39 Å². The number of morpholine rings is 1. The molecular weight excluding hydrogens is 337 g/mol. The number of halogens is 1. The third-order valence-corrected chi connectivity index (χ3v) is 4.09. The maximum absolute atomic E-state index is 13.6. The fourth-order valence-corrected chi connectivity index (χ4v) is 2.68. The first kappa shape index (κ1) is 16.7. The van der Waals surface area contributed by atoms with E-state index in [2.05, 4.69) is 15.5 Å². The summed E-state index contributed by atoms with van der Waals surface area (Å²) in [4.78, 5) is 4.42. The third-order valence-electron chi connectivity index (χ3n) is 4.09. The summed E-state index contributed by atoms with van der Waals surface area (Å²) < 4.78 is 30.0. The van der Waals surface area contributed by atoms with E-state index in [-0.39, 0.29) is 24.3 Å². The minimum Gasteiger partial charge on any atom is -0.486 e. The zero-order valence-electron chi connectivity index (χ0n) is 14.0. The van der Waals surface area contributed by atoms with Gasteiger partial charge in [-0.3, -0.25) is 0 Å². The highest BCUT2D eigenvalue weighted by molar-refractivity contribution is 5.54. The maximum Gasteiger partial charge on any atom is 0.257 e. The van der Waals surface area contributed by atoms with Crippen LogP contribution in [0.3, 0.4) is 0 Å². The molecule has 1 aromatic heterocycles. The van der Waals surface area contributed by atoms with Gasteiger partial charge in [0.25, 0.3) is 5.89 Å². The molecule has 1 aliphatic rings. The molecule has 2 heterocycles. The van der Waals surface area contributed by atoms with E-state index >= 15 is 0 Å². The van der Waals surface area contributed by atoms with Gasteiger partial charge in [0.15, 0.2) is 11.6 Å². The van der Waals surface area contributed by atoms with Crippen LogP contribution in [-0.2, 0) is 11.3 Å². The predicted molar refractivity (Wildman–Crippen MR) is 92.0 cm³/mol. The molecule has 134 valence electrons. The van der Waals surface area contributed by atoms with Crippen LogP contribution in [0.25, 0.3) is 11.4 Å². The number of hydrogen-bond acceptors (Lipinski definition) is 6. The number of benzene rings is 2. The molecule has 0 aliphatic carbocycles. The van der Waals surface area contributed by atoms with Crippen molar-refractivity contribution in [3.05, 3.63) is 65.8 Å². The lowest BCUT2D eigenvalue weighted by atomic mass is 10.1. The molecule has 1 aliphatic heterocycles. The van der Waals surface area contributed by atoms with Crippen LogP contribution in [0.2, 0.25) is 0 Å². The molecule has 0 spiro atoms. The van der Waals surface area contributed by atoms with Crippen molar-refractivity contribution in [2.45, 2.75) is 12.7 Å². The van der Waals surface area contributed by atoms with Crippen molar-refractivity contribution < 1.29 is 18.4 Å². The summed E-state index contributed by atoms with van der Waals surface area (Å²) in [6.07, 6.45) is -0.210. The van der Waals surface area contributed by atoms with Crippen molar-refractivity contribution in [3.8, 4) is 17.1 Å². The van der Waals surface area contributed by atoms with E-state index in [1.807, 2.05) is 24.3 Å². The molecule has 0 bridgehead atoms. The lowest BCUT2D eigenvalue weighted by molar-refractivity contribution is 0.00755. The molecule has 1 atom stereocenters. The Morgan fingerprint density at radius 1 is 1.15 bits per heavy atom. The molecule has 2 aromatic carbocycles. The number of ether oxygens (including phenoxy) is 2. The molecule has 1 N–H and O–H groups in total. The Labute approximate surface area is 149 Å². The highest BCUT2D eigenvalue weighted by Gasteiger charge is 2.22. The van der Waals surface area contributed by atoms with E-state index in [9.17, 15) is 4.39 Å². The molecule has 0 unspecified atom stereocenters. The Hall–Kier alpha value is -2.77. The first-order chi connectivity index (χ1) is 12.8. The van der Waals surface area contributed by atoms with Gasteiger partial charge in [0.2, 0.25) is 5.82 Å². The Morgan fingerprint density at radius 3 is 2.77 bits per heavy atom. The topological polar surface area (TPSA) is 69.4 Å². The zero-order chi connectivity index (χ0) is 17.8. The van der Waals surface area contributed by atoms with E-state index in [1.165, 1.54) is 6.07 Å². The molecule has 26 heavy (non-hydrogen) atoms. The normalized spacial score (nSPS) is 17.2. The summed E-state index contributed by atoms with van der Waals surface area (Å²) in [7, 11) is 0. The number of rotatable bonds is 5.